The Bertz CT molecular complexity index is 875. The lowest BCUT2D eigenvalue weighted by atomic mass is 10.3. The van der Waals surface area contributed by atoms with Gasteiger partial charge in [0.25, 0.3) is 5.69 Å². The van der Waals surface area contributed by atoms with Gasteiger partial charge in [0, 0.05) is 55.9 Å². The Kier molecular flexibility index (Phi) is 4.99. The highest BCUT2D eigenvalue weighted by Gasteiger charge is 2.29. The molecule has 1 fully saturated rings. The molecule has 25 heavy (non-hydrogen) atoms. The van der Waals surface area contributed by atoms with Crippen LogP contribution < -0.4 is 5.73 Å². The molecule has 0 amide bonds. The van der Waals surface area contributed by atoms with Crippen LogP contribution in [0.1, 0.15) is 4.88 Å². The van der Waals surface area contributed by atoms with E-state index in [4.69, 9.17) is 5.73 Å². The van der Waals surface area contributed by atoms with Crippen LogP contribution in [0.25, 0.3) is 0 Å². The number of piperazine rings is 1. The van der Waals surface area contributed by atoms with Gasteiger partial charge in [-0.1, -0.05) is 6.07 Å². The number of nitro benzene ring substituents is 1. The fraction of sp³-hybridized carbons (Fsp3) is 0.357. The van der Waals surface area contributed by atoms with Crippen LogP contribution in [0.15, 0.2) is 35.4 Å². The average molecular weight is 383 g/mol. The number of rotatable bonds is 5. The quantitative estimate of drug-likeness (QED) is 0.606. The number of thiazole rings is 1. The minimum Gasteiger partial charge on any atom is -0.375 e. The van der Waals surface area contributed by atoms with Gasteiger partial charge in [0.05, 0.1) is 9.82 Å². The summed E-state index contributed by atoms with van der Waals surface area (Å²) in [6.45, 7) is 2.50. The lowest BCUT2D eigenvalue weighted by molar-refractivity contribution is -0.385. The average Bonchev–Trinajstić information content (AvgIpc) is 3.00. The zero-order valence-corrected chi connectivity index (χ0v) is 14.9. The fourth-order valence-corrected chi connectivity index (χ4v) is 4.84. The molecular formula is C14H17N5O4S2. The third-order valence-electron chi connectivity index (χ3n) is 3.95. The van der Waals surface area contributed by atoms with Crippen molar-refractivity contribution in [1.29, 1.82) is 0 Å². The maximum Gasteiger partial charge on any atom is 0.270 e. The third-order valence-corrected chi connectivity index (χ3v) is 6.65. The normalized spacial score (nSPS) is 16.8. The molecule has 0 aliphatic carbocycles. The molecule has 9 nitrogen and oxygen atoms in total. The summed E-state index contributed by atoms with van der Waals surface area (Å²) in [7, 11) is -3.74. The number of aromatic nitrogens is 1. The second-order valence-electron chi connectivity index (χ2n) is 5.60. The summed E-state index contributed by atoms with van der Waals surface area (Å²) in [4.78, 5) is 17.4. The van der Waals surface area contributed by atoms with Crippen molar-refractivity contribution in [3.8, 4) is 0 Å². The van der Waals surface area contributed by atoms with Gasteiger partial charge in [-0.3, -0.25) is 15.0 Å². The van der Waals surface area contributed by atoms with Crippen molar-refractivity contribution in [2.75, 3.05) is 31.9 Å². The van der Waals surface area contributed by atoms with Crippen LogP contribution in [0, 0.1) is 10.1 Å². The number of benzene rings is 1. The first-order valence-electron chi connectivity index (χ1n) is 7.53. The Morgan fingerprint density at radius 2 is 2.00 bits per heavy atom. The van der Waals surface area contributed by atoms with Gasteiger partial charge in [-0.2, -0.15) is 4.31 Å². The molecule has 2 heterocycles. The smallest absolute Gasteiger partial charge is 0.270 e. The van der Waals surface area contributed by atoms with E-state index in [2.05, 4.69) is 9.88 Å². The molecule has 3 rings (SSSR count). The molecule has 0 atom stereocenters. The predicted octanol–water partition coefficient (Wildman–Crippen LogP) is 1.14. The van der Waals surface area contributed by atoms with Crippen molar-refractivity contribution in [3.63, 3.8) is 0 Å². The van der Waals surface area contributed by atoms with E-state index in [0.717, 1.165) is 10.9 Å². The van der Waals surface area contributed by atoms with Crippen LogP contribution in [-0.4, -0.2) is 53.7 Å². The summed E-state index contributed by atoms with van der Waals surface area (Å²) in [6.07, 6.45) is 1.73. The summed E-state index contributed by atoms with van der Waals surface area (Å²) in [6, 6.07) is 5.14. The molecule has 1 aromatic carbocycles. The number of hydrogen-bond donors (Lipinski definition) is 1. The van der Waals surface area contributed by atoms with Gasteiger partial charge < -0.3 is 5.73 Å². The number of anilines is 1. The van der Waals surface area contributed by atoms with Gasteiger partial charge in [0.1, 0.15) is 0 Å². The summed E-state index contributed by atoms with van der Waals surface area (Å²) >= 11 is 1.42. The lowest BCUT2D eigenvalue weighted by Gasteiger charge is -2.33. The Morgan fingerprint density at radius 1 is 1.28 bits per heavy atom. The van der Waals surface area contributed by atoms with Crippen LogP contribution in [0.2, 0.25) is 0 Å². The summed E-state index contributed by atoms with van der Waals surface area (Å²) < 4.78 is 26.7. The lowest BCUT2D eigenvalue weighted by Crippen LogP contribution is -2.48. The summed E-state index contributed by atoms with van der Waals surface area (Å²) in [5.74, 6) is 0. The number of non-ortho nitro benzene ring substituents is 1. The van der Waals surface area contributed by atoms with Crippen molar-refractivity contribution in [1.82, 2.24) is 14.2 Å². The first kappa shape index (κ1) is 17.7. The Balaban J connectivity index is 1.67. The Labute approximate surface area is 148 Å². The van der Waals surface area contributed by atoms with Crippen LogP contribution in [0.3, 0.4) is 0 Å². The molecule has 0 radical (unpaired) electrons. The SMILES string of the molecule is Nc1ncc(CN2CCN(S(=O)(=O)c3cccc([N+](=O)[O-])c3)CC2)s1. The Morgan fingerprint density at radius 3 is 2.60 bits per heavy atom. The maximum atomic E-state index is 12.7. The van der Waals surface area contributed by atoms with Crippen molar-refractivity contribution in [2.45, 2.75) is 11.4 Å². The van der Waals surface area contributed by atoms with E-state index in [1.165, 1.54) is 33.8 Å². The van der Waals surface area contributed by atoms with Gasteiger partial charge >= 0.3 is 0 Å². The molecule has 1 aliphatic rings. The van der Waals surface area contributed by atoms with E-state index in [1.54, 1.807) is 6.20 Å². The molecule has 11 heteroatoms. The molecule has 0 unspecified atom stereocenters. The van der Waals surface area contributed by atoms with E-state index in [9.17, 15) is 18.5 Å². The van der Waals surface area contributed by atoms with Crippen LogP contribution in [-0.2, 0) is 16.6 Å². The topological polar surface area (TPSA) is 123 Å². The zero-order chi connectivity index (χ0) is 18.0. The van der Waals surface area contributed by atoms with Crippen molar-refractivity contribution < 1.29 is 13.3 Å². The van der Waals surface area contributed by atoms with E-state index in [-0.39, 0.29) is 10.6 Å². The van der Waals surface area contributed by atoms with Gasteiger partial charge in [-0.05, 0) is 6.07 Å². The van der Waals surface area contributed by atoms with E-state index < -0.39 is 14.9 Å². The van der Waals surface area contributed by atoms with Crippen LogP contribution in [0.5, 0.6) is 0 Å². The predicted molar refractivity (Wildman–Crippen MR) is 93.7 cm³/mol. The molecule has 134 valence electrons. The number of nitrogens with zero attached hydrogens (tertiary/aromatic N) is 4. The molecule has 0 spiro atoms. The van der Waals surface area contributed by atoms with E-state index >= 15 is 0 Å². The molecular weight excluding hydrogens is 366 g/mol. The number of nitrogen functional groups attached to an aromatic ring is 1. The van der Waals surface area contributed by atoms with E-state index in [1.807, 2.05) is 0 Å². The standard InChI is InChI=1S/C14H17N5O4S2/c15-14-16-9-12(24-14)10-17-4-6-18(7-5-17)25(22,23)13-3-1-2-11(8-13)19(20)21/h1-3,8-9H,4-7,10H2,(H2,15,16). The second-order valence-corrected chi connectivity index (χ2v) is 8.68. The first-order chi connectivity index (χ1) is 11.9. The fourth-order valence-electron chi connectivity index (χ4n) is 2.65. The number of nitrogens with two attached hydrogens (primary N) is 1. The minimum atomic E-state index is -3.74. The number of hydrogen-bond acceptors (Lipinski definition) is 8. The largest absolute Gasteiger partial charge is 0.375 e. The first-order valence-corrected chi connectivity index (χ1v) is 9.79. The molecule has 0 bridgehead atoms. The highest BCUT2D eigenvalue weighted by Crippen LogP contribution is 2.23. The molecule has 2 aromatic rings. The highest BCUT2D eigenvalue weighted by atomic mass is 32.2. The maximum absolute atomic E-state index is 12.7. The van der Waals surface area contributed by atoms with E-state index in [0.29, 0.717) is 37.9 Å². The molecule has 0 saturated carbocycles. The third kappa shape index (κ3) is 3.95. The molecule has 1 saturated heterocycles. The van der Waals surface area contributed by atoms with Gasteiger partial charge in [0.15, 0.2) is 5.13 Å². The van der Waals surface area contributed by atoms with Gasteiger partial charge in [-0.25, -0.2) is 13.4 Å². The highest BCUT2D eigenvalue weighted by molar-refractivity contribution is 7.89. The van der Waals surface area contributed by atoms with Gasteiger partial charge in [0.2, 0.25) is 10.0 Å². The van der Waals surface area contributed by atoms with Crippen LogP contribution >= 0.6 is 11.3 Å². The zero-order valence-electron chi connectivity index (χ0n) is 13.2. The van der Waals surface area contributed by atoms with Crippen LogP contribution in [0.4, 0.5) is 10.8 Å². The number of nitro groups is 1. The minimum absolute atomic E-state index is 0.0506. The second kappa shape index (κ2) is 7.04. The summed E-state index contributed by atoms with van der Waals surface area (Å²) in [5.41, 5.74) is 5.38. The summed E-state index contributed by atoms with van der Waals surface area (Å²) in [5, 5.41) is 11.4. The van der Waals surface area contributed by atoms with Gasteiger partial charge in [-0.15, -0.1) is 11.3 Å². The molecule has 1 aromatic heterocycles. The Hall–Kier alpha value is -2.08. The van der Waals surface area contributed by atoms with Crippen molar-refractivity contribution in [3.05, 3.63) is 45.5 Å². The molecule has 2 N–H and O–H groups in total. The van der Waals surface area contributed by atoms with Crippen molar-refractivity contribution in [2.24, 2.45) is 0 Å². The number of sulfonamides is 1. The van der Waals surface area contributed by atoms with Crippen molar-refractivity contribution >= 4 is 32.2 Å². The monoisotopic (exact) mass is 383 g/mol. The molecule has 1 aliphatic heterocycles.